The van der Waals surface area contributed by atoms with Crippen molar-refractivity contribution in [1.29, 1.82) is 0 Å². The second-order valence-corrected chi connectivity index (χ2v) is 6.24. The van der Waals surface area contributed by atoms with Gasteiger partial charge >= 0.3 is 0 Å². The van der Waals surface area contributed by atoms with Crippen molar-refractivity contribution in [3.8, 4) is 0 Å². The zero-order chi connectivity index (χ0) is 14.0. The third-order valence-electron chi connectivity index (χ3n) is 3.43. The van der Waals surface area contributed by atoms with Crippen LogP contribution in [0.3, 0.4) is 0 Å². The van der Waals surface area contributed by atoms with Gasteiger partial charge in [0.15, 0.2) is 11.6 Å². The highest BCUT2D eigenvalue weighted by atomic mass is 32.2. The van der Waals surface area contributed by atoms with E-state index in [4.69, 9.17) is 5.73 Å². The first-order chi connectivity index (χ1) is 9.02. The topological polar surface area (TPSA) is 38.0 Å². The molecular formula is C13H16F2N2S2. The minimum Gasteiger partial charge on any atom is -0.389 e. The van der Waals surface area contributed by atoms with E-state index >= 15 is 0 Å². The van der Waals surface area contributed by atoms with Crippen molar-refractivity contribution in [1.82, 2.24) is 0 Å². The van der Waals surface area contributed by atoms with Crippen molar-refractivity contribution in [2.75, 3.05) is 11.6 Å². The molecule has 19 heavy (non-hydrogen) atoms. The lowest BCUT2D eigenvalue weighted by Gasteiger charge is -2.16. The number of thiocarbonyl (C=S) groups is 1. The maximum Gasteiger partial charge on any atom is 0.182 e. The van der Waals surface area contributed by atoms with Crippen molar-refractivity contribution >= 4 is 34.7 Å². The molecule has 3 N–H and O–H groups in total. The summed E-state index contributed by atoms with van der Waals surface area (Å²) in [6.45, 7) is 0. The number of nitrogens with two attached hydrogens (primary N) is 1. The minimum absolute atomic E-state index is 0.0496. The molecule has 0 bridgehead atoms. The fraction of sp³-hybridized carbons (Fsp3) is 0.462. The van der Waals surface area contributed by atoms with Crippen LogP contribution < -0.4 is 11.1 Å². The summed E-state index contributed by atoms with van der Waals surface area (Å²) in [5.41, 5.74) is 5.47. The number of hydrogen-bond acceptors (Lipinski definition) is 3. The predicted molar refractivity (Wildman–Crippen MR) is 80.8 cm³/mol. The molecule has 0 saturated heterocycles. The standard InChI is InChI=1S/C13H16F2N2S2/c1-19-8-3-2-7(6-8)17-10-5-4-9(13(16)18)11(14)12(10)15/h4-5,7-8,17H,2-3,6H2,1H3,(H2,16,18). The summed E-state index contributed by atoms with van der Waals surface area (Å²) in [5.74, 6) is -1.88. The van der Waals surface area contributed by atoms with Crippen molar-refractivity contribution < 1.29 is 8.78 Å². The normalized spacial score (nSPS) is 22.5. The monoisotopic (exact) mass is 302 g/mol. The molecule has 1 aliphatic carbocycles. The van der Waals surface area contributed by atoms with Crippen LogP contribution in [0.2, 0.25) is 0 Å². The summed E-state index contributed by atoms with van der Waals surface area (Å²) >= 11 is 6.49. The molecule has 2 unspecified atom stereocenters. The maximum atomic E-state index is 13.9. The van der Waals surface area contributed by atoms with Crippen molar-refractivity contribution in [2.45, 2.75) is 30.6 Å². The Kier molecular flexibility index (Phi) is 4.62. The molecule has 2 atom stereocenters. The van der Waals surface area contributed by atoms with E-state index in [2.05, 4.69) is 23.8 Å². The molecule has 2 rings (SSSR count). The zero-order valence-corrected chi connectivity index (χ0v) is 12.2. The SMILES string of the molecule is CSC1CCC(Nc2ccc(C(N)=S)c(F)c2F)C1. The molecule has 0 amide bonds. The Bertz CT molecular complexity index is 494. The van der Waals surface area contributed by atoms with Crippen LogP contribution in [-0.2, 0) is 0 Å². The average Bonchev–Trinajstić information content (AvgIpc) is 2.82. The number of anilines is 1. The summed E-state index contributed by atoms with van der Waals surface area (Å²) in [6.07, 6.45) is 5.13. The van der Waals surface area contributed by atoms with Gasteiger partial charge in [-0.1, -0.05) is 12.2 Å². The van der Waals surface area contributed by atoms with Crippen LogP contribution in [0.4, 0.5) is 14.5 Å². The van der Waals surface area contributed by atoms with Crippen LogP contribution in [0.5, 0.6) is 0 Å². The van der Waals surface area contributed by atoms with Gasteiger partial charge < -0.3 is 11.1 Å². The van der Waals surface area contributed by atoms with Gasteiger partial charge in [-0.25, -0.2) is 8.78 Å². The van der Waals surface area contributed by atoms with E-state index in [1.54, 1.807) is 0 Å². The Morgan fingerprint density at radius 1 is 1.37 bits per heavy atom. The van der Waals surface area contributed by atoms with E-state index in [-0.39, 0.29) is 22.3 Å². The summed E-state index contributed by atoms with van der Waals surface area (Å²) in [4.78, 5) is -0.133. The second kappa shape index (κ2) is 6.05. The number of halogens is 2. The van der Waals surface area contributed by atoms with Gasteiger partial charge in [-0.3, -0.25) is 0 Å². The van der Waals surface area contributed by atoms with Gasteiger partial charge in [-0.05, 0) is 37.7 Å². The Balaban J connectivity index is 2.14. The first-order valence-electron chi connectivity index (χ1n) is 6.10. The Hall–Kier alpha value is -0.880. The molecule has 0 heterocycles. The van der Waals surface area contributed by atoms with Gasteiger partial charge in [0, 0.05) is 16.9 Å². The number of rotatable bonds is 4. The summed E-state index contributed by atoms with van der Waals surface area (Å²) in [7, 11) is 0. The van der Waals surface area contributed by atoms with Crippen LogP contribution in [0.1, 0.15) is 24.8 Å². The van der Waals surface area contributed by atoms with Crippen molar-refractivity contribution in [3.05, 3.63) is 29.3 Å². The second-order valence-electron chi connectivity index (χ2n) is 4.66. The third kappa shape index (κ3) is 3.17. The molecule has 1 fully saturated rings. The molecule has 104 valence electrons. The molecule has 0 aliphatic heterocycles. The number of thioether (sulfide) groups is 1. The molecule has 6 heteroatoms. The average molecular weight is 302 g/mol. The summed E-state index contributed by atoms with van der Waals surface area (Å²) in [6, 6.07) is 3.12. The van der Waals surface area contributed by atoms with Gasteiger partial charge in [0.2, 0.25) is 0 Å². The molecule has 0 spiro atoms. The van der Waals surface area contributed by atoms with Gasteiger partial charge in [0.25, 0.3) is 0 Å². The first kappa shape index (κ1) is 14.5. The largest absolute Gasteiger partial charge is 0.389 e. The van der Waals surface area contributed by atoms with Crippen LogP contribution in [0, 0.1) is 11.6 Å². The lowest BCUT2D eigenvalue weighted by molar-refractivity contribution is 0.508. The quantitative estimate of drug-likeness (QED) is 0.837. The maximum absolute atomic E-state index is 13.9. The molecule has 0 aromatic heterocycles. The van der Waals surface area contributed by atoms with Crippen molar-refractivity contribution in [3.63, 3.8) is 0 Å². The summed E-state index contributed by atoms with van der Waals surface area (Å²) in [5, 5.41) is 3.67. The molecular weight excluding hydrogens is 286 g/mol. The van der Waals surface area contributed by atoms with Crippen LogP contribution in [0.15, 0.2) is 12.1 Å². The predicted octanol–water partition coefficient (Wildman–Crippen LogP) is 3.30. The highest BCUT2D eigenvalue weighted by molar-refractivity contribution is 7.99. The van der Waals surface area contributed by atoms with E-state index in [1.165, 1.54) is 12.1 Å². The van der Waals surface area contributed by atoms with E-state index in [0.717, 1.165) is 19.3 Å². The van der Waals surface area contributed by atoms with Crippen LogP contribution in [-0.4, -0.2) is 22.5 Å². The van der Waals surface area contributed by atoms with E-state index in [1.807, 2.05) is 11.8 Å². The Labute approximate surface area is 121 Å². The molecule has 1 saturated carbocycles. The van der Waals surface area contributed by atoms with Gasteiger partial charge in [0.1, 0.15) is 4.99 Å². The fourth-order valence-corrected chi connectivity index (χ4v) is 3.31. The molecule has 0 radical (unpaired) electrons. The van der Waals surface area contributed by atoms with Crippen LogP contribution in [0.25, 0.3) is 0 Å². The third-order valence-corrected chi connectivity index (χ3v) is 4.74. The number of hydrogen-bond donors (Lipinski definition) is 2. The van der Waals surface area contributed by atoms with Gasteiger partial charge in [-0.15, -0.1) is 0 Å². The lowest BCUT2D eigenvalue weighted by atomic mass is 10.1. The van der Waals surface area contributed by atoms with E-state index in [0.29, 0.717) is 5.25 Å². The highest BCUT2D eigenvalue weighted by Crippen LogP contribution is 2.31. The molecule has 1 aromatic rings. The minimum atomic E-state index is -0.975. The molecule has 2 nitrogen and oxygen atoms in total. The number of nitrogens with one attached hydrogen (secondary N) is 1. The van der Waals surface area contributed by atoms with Gasteiger partial charge in [0.05, 0.1) is 5.69 Å². The highest BCUT2D eigenvalue weighted by Gasteiger charge is 2.25. The smallest absolute Gasteiger partial charge is 0.182 e. The van der Waals surface area contributed by atoms with E-state index < -0.39 is 11.6 Å². The first-order valence-corrected chi connectivity index (χ1v) is 7.79. The van der Waals surface area contributed by atoms with E-state index in [9.17, 15) is 8.78 Å². The van der Waals surface area contributed by atoms with Gasteiger partial charge in [-0.2, -0.15) is 11.8 Å². The molecule has 1 aliphatic rings. The Morgan fingerprint density at radius 3 is 2.68 bits per heavy atom. The number of benzene rings is 1. The van der Waals surface area contributed by atoms with Crippen LogP contribution >= 0.6 is 24.0 Å². The van der Waals surface area contributed by atoms with Crippen molar-refractivity contribution in [2.24, 2.45) is 5.73 Å². The summed E-state index contributed by atoms with van der Waals surface area (Å²) < 4.78 is 27.6. The molecule has 1 aromatic carbocycles. The Morgan fingerprint density at radius 2 is 2.11 bits per heavy atom. The zero-order valence-electron chi connectivity index (χ0n) is 10.6. The lowest BCUT2D eigenvalue weighted by Crippen LogP contribution is -2.19. The fourth-order valence-electron chi connectivity index (χ4n) is 2.36.